The molecule has 0 bridgehead atoms. The number of hydrogen-bond acceptors (Lipinski definition) is 7. The Morgan fingerprint density at radius 1 is 0.880 bits per heavy atom. The fourth-order valence-corrected chi connectivity index (χ4v) is 2.53. The molecule has 0 radical (unpaired) electrons. The summed E-state index contributed by atoms with van der Waals surface area (Å²) < 4.78 is 26.5. The first-order chi connectivity index (χ1) is 12.1. The highest BCUT2D eigenvalue weighted by Crippen LogP contribution is 2.42. The van der Waals surface area contributed by atoms with E-state index in [1.54, 1.807) is 31.4 Å². The van der Waals surface area contributed by atoms with Crippen LogP contribution in [0.2, 0.25) is 0 Å². The maximum Gasteiger partial charge on any atom is 0.347 e. The van der Waals surface area contributed by atoms with E-state index in [-0.39, 0.29) is 11.3 Å². The van der Waals surface area contributed by atoms with E-state index in [2.05, 4.69) is 4.98 Å². The Balaban J connectivity index is 2.28. The van der Waals surface area contributed by atoms with Crippen LogP contribution in [0.3, 0.4) is 0 Å². The second kappa shape index (κ2) is 6.72. The molecule has 0 amide bonds. The SMILES string of the molecule is COc1ccc(-c2nc3c(OC)c(OC)c(OC)cc3c(=O)o2)cc1. The summed E-state index contributed by atoms with van der Waals surface area (Å²) in [6.45, 7) is 0. The van der Waals surface area contributed by atoms with Crippen molar-refractivity contribution in [3.05, 3.63) is 40.8 Å². The Kier molecular flexibility index (Phi) is 4.47. The van der Waals surface area contributed by atoms with Crippen LogP contribution in [0, 0.1) is 0 Å². The van der Waals surface area contributed by atoms with Crippen molar-refractivity contribution in [2.45, 2.75) is 0 Å². The number of rotatable bonds is 5. The quantitative estimate of drug-likeness (QED) is 0.704. The van der Waals surface area contributed by atoms with E-state index < -0.39 is 5.63 Å². The molecule has 0 aliphatic carbocycles. The number of ether oxygens (including phenoxy) is 4. The van der Waals surface area contributed by atoms with Crippen molar-refractivity contribution in [3.8, 4) is 34.5 Å². The number of aromatic nitrogens is 1. The average Bonchev–Trinajstić information content (AvgIpc) is 2.66. The van der Waals surface area contributed by atoms with Crippen molar-refractivity contribution in [1.29, 1.82) is 0 Å². The highest BCUT2D eigenvalue weighted by Gasteiger charge is 2.21. The van der Waals surface area contributed by atoms with Crippen LogP contribution < -0.4 is 24.6 Å². The van der Waals surface area contributed by atoms with E-state index in [0.717, 1.165) is 0 Å². The Hall–Kier alpha value is -3.22. The summed E-state index contributed by atoms with van der Waals surface area (Å²) in [6, 6.07) is 8.54. The van der Waals surface area contributed by atoms with E-state index >= 15 is 0 Å². The summed E-state index contributed by atoms with van der Waals surface area (Å²) in [6.07, 6.45) is 0. The normalized spacial score (nSPS) is 10.6. The van der Waals surface area contributed by atoms with Crippen molar-refractivity contribution in [2.75, 3.05) is 28.4 Å². The molecule has 2 aromatic carbocycles. The molecular weight excluding hydrogens is 326 g/mol. The third-order valence-corrected chi connectivity index (χ3v) is 3.76. The molecule has 1 aromatic heterocycles. The Labute approximate surface area is 143 Å². The zero-order valence-corrected chi connectivity index (χ0v) is 14.3. The smallest absolute Gasteiger partial charge is 0.347 e. The number of fused-ring (bicyclic) bond motifs is 1. The molecule has 3 rings (SSSR count). The second-order valence-corrected chi connectivity index (χ2v) is 5.08. The van der Waals surface area contributed by atoms with E-state index in [9.17, 15) is 4.79 Å². The molecule has 0 saturated heterocycles. The Morgan fingerprint density at radius 2 is 1.56 bits per heavy atom. The van der Waals surface area contributed by atoms with Gasteiger partial charge in [0.2, 0.25) is 11.6 Å². The van der Waals surface area contributed by atoms with Crippen LogP contribution in [0.4, 0.5) is 0 Å². The molecular formula is C18H17NO6. The minimum absolute atomic E-state index is 0.172. The predicted octanol–water partition coefficient (Wildman–Crippen LogP) is 2.89. The molecule has 3 aromatic rings. The lowest BCUT2D eigenvalue weighted by molar-refractivity contribution is 0.326. The van der Waals surface area contributed by atoms with Gasteiger partial charge >= 0.3 is 5.63 Å². The summed E-state index contributed by atoms with van der Waals surface area (Å²) >= 11 is 0. The molecule has 0 saturated carbocycles. The number of nitrogens with zero attached hydrogens (tertiary/aromatic N) is 1. The fourth-order valence-electron chi connectivity index (χ4n) is 2.53. The molecule has 1 heterocycles. The molecule has 25 heavy (non-hydrogen) atoms. The molecule has 0 atom stereocenters. The molecule has 7 nitrogen and oxygen atoms in total. The van der Waals surface area contributed by atoms with Gasteiger partial charge in [-0.3, -0.25) is 0 Å². The summed E-state index contributed by atoms with van der Waals surface area (Å²) in [4.78, 5) is 16.9. The molecule has 0 aliphatic rings. The lowest BCUT2D eigenvalue weighted by Crippen LogP contribution is -2.06. The zero-order chi connectivity index (χ0) is 18.0. The summed E-state index contributed by atoms with van der Waals surface area (Å²) in [7, 11) is 6.01. The molecule has 7 heteroatoms. The Bertz CT molecular complexity index is 962. The minimum Gasteiger partial charge on any atom is -0.497 e. The van der Waals surface area contributed by atoms with Crippen molar-refractivity contribution in [1.82, 2.24) is 4.98 Å². The third-order valence-electron chi connectivity index (χ3n) is 3.76. The first-order valence-electron chi connectivity index (χ1n) is 7.41. The summed E-state index contributed by atoms with van der Waals surface area (Å²) in [5.41, 5.74) is 0.425. The van der Waals surface area contributed by atoms with Crippen molar-refractivity contribution >= 4 is 10.9 Å². The van der Waals surface area contributed by atoms with Crippen LogP contribution >= 0.6 is 0 Å². The van der Waals surface area contributed by atoms with Gasteiger partial charge in [-0.2, -0.15) is 0 Å². The zero-order valence-electron chi connectivity index (χ0n) is 14.3. The van der Waals surface area contributed by atoms with Crippen LogP contribution in [-0.4, -0.2) is 33.4 Å². The van der Waals surface area contributed by atoms with Crippen LogP contribution in [0.25, 0.3) is 22.4 Å². The molecule has 0 spiro atoms. The van der Waals surface area contributed by atoms with Crippen molar-refractivity contribution in [2.24, 2.45) is 0 Å². The summed E-state index contributed by atoms with van der Waals surface area (Å²) in [5.74, 6) is 1.88. The van der Waals surface area contributed by atoms with Crippen LogP contribution in [0.15, 0.2) is 39.5 Å². The highest BCUT2D eigenvalue weighted by molar-refractivity contribution is 5.89. The second-order valence-electron chi connectivity index (χ2n) is 5.08. The number of methoxy groups -OCH3 is 4. The van der Waals surface area contributed by atoms with Gasteiger partial charge in [-0.05, 0) is 24.3 Å². The van der Waals surface area contributed by atoms with Gasteiger partial charge in [0.15, 0.2) is 11.5 Å². The molecule has 0 unspecified atom stereocenters. The predicted molar refractivity (Wildman–Crippen MR) is 91.9 cm³/mol. The van der Waals surface area contributed by atoms with E-state index in [1.165, 1.54) is 27.4 Å². The molecule has 0 fully saturated rings. The fraction of sp³-hybridized carbons (Fsp3) is 0.222. The molecule has 0 N–H and O–H groups in total. The first-order valence-corrected chi connectivity index (χ1v) is 7.41. The van der Waals surface area contributed by atoms with Gasteiger partial charge in [-0.1, -0.05) is 0 Å². The van der Waals surface area contributed by atoms with Crippen molar-refractivity contribution < 1.29 is 23.4 Å². The van der Waals surface area contributed by atoms with Gasteiger partial charge in [0.05, 0.1) is 33.8 Å². The minimum atomic E-state index is -0.546. The van der Waals surface area contributed by atoms with E-state index in [1.807, 2.05) is 0 Å². The van der Waals surface area contributed by atoms with Crippen molar-refractivity contribution in [3.63, 3.8) is 0 Å². The van der Waals surface area contributed by atoms with E-state index in [4.69, 9.17) is 23.4 Å². The maximum atomic E-state index is 12.4. The van der Waals surface area contributed by atoms with Gasteiger partial charge in [0.1, 0.15) is 11.3 Å². The van der Waals surface area contributed by atoms with Gasteiger partial charge in [-0.25, -0.2) is 9.78 Å². The van der Waals surface area contributed by atoms with Gasteiger partial charge in [0, 0.05) is 11.6 Å². The average molecular weight is 343 g/mol. The van der Waals surface area contributed by atoms with Gasteiger partial charge in [0.25, 0.3) is 0 Å². The third kappa shape index (κ3) is 2.84. The topological polar surface area (TPSA) is 80.0 Å². The van der Waals surface area contributed by atoms with Crippen LogP contribution in [-0.2, 0) is 0 Å². The monoisotopic (exact) mass is 343 g/mol. The standard InChI is InChI=1S/C18H17NO6/c1-21-11-7-5-10(6-8-11)17-19-14-12(18(20)25-17)9-13(22-2)15(23-3)16(14)24-4/h5-9H,1-4H3. The van der Waals surface area contributed by atoms with Gasteiger partial charge in [-0.15, -0.1) is 0 Å². The van der Waals surface area contributed by atoms with E-state index in [0.29, 0.717) is 34.1 Å². The van der Waals surface area contributed by atoms with Gasteiger partial charge < -0.3 is 23.4 Å². The molecule has 0 aliphatic heterocycles. The highest BCUT2D eigenvalue weighted by atomic mass is 16.5. The van der Waals surface area contributed by atoms with Crippen LogP contribution in [0.1, 0.15) is 0 Å². The Morgan fingerprint density at radius 3 is 2.12 bits per heavy atom. The molecule has 130 valence electrons. The first kappa shape index (κ1) is 16.6. The maximum absolute atomic E-state index is 12.4. The lowest BCUT2D eigenvalue weighted by Gasteiger charge is -2.14. The number of benzene rings is 2. The largest absolute Gasteiger partial charge is 0.497 e. The summed E-state index contributed by atoms with van der Waals surface area (Å²) in [5, 5.41) is 0.242. The lowest BCUT2D eigenvalue weighted by atomic mass is 10.1. The number of hydrogen-bond donors (Lipinski definition) is 0. The van der Waals surface area contributed by atoms with Crippen LogP contribution in [0.5, 0.6) is 23.0 Å².